The number of ether oxygens (including phenoxy) is 3. The molecule has 0 bridgehead atoms. The number of likely N-dealkylation sites (tertiary alicyclic amines) is 1. The maximum Gasteiger partial charge on any atom is 0.260 e. The van der Waals surface area contributed by atoms with E-state index in [0.717, 1.165) is 61.3 Å². The molecule has 1 aromatic heterocycles. The van der Waals surface area contributed by atoms with Crippen molar-refractivity contribution in [3.63, 3.8) is 0 Å². The molecule has 2 aliphatic heterocycles. The molecule has 2 saturated heterocycles. The van der Waals surface area contributed by atoms with Crippen molar-refractivity contribution in [3.8, 4) is 5.75 Å². The zero-order valence-corrected chi connectivity index (χ0v) is 16.2. The summed E-state index contributed by atoms with van der Waals surface area (Å²) in [4.78, 5) is 14.5. The highest BCUT2D eigenvalue weighted by atomic mass is 16.7. The van der Waals surface area contributed by atoms with Crippen molar-refractivity contribution in [1.82, 2.24) is 4.90 Å². The van der Waals surface area contributed by atoms with Gasteiger partial charge in [0.15, 0.2) is 12.9 Å². The Morgan fingerprint density at radius 3 is 2.71 bits per heavy atom. The number of nitrogens with zero attached hydrogens (tertiary/aromatic N) is 1. The summed E-state index contributed by atoms with van der Waals surface area (Å²) >= 11 is 0. The van der Waals surface area contributed by atoms with Gasteiger partial charge >= 0.3 is 0 Å². The zero-order valence-electron chi connectivity index (χ0n) is 16.2. The molecule has 0 N–H and O–H groups in total. The molecule has 1 amide bonds. The first kappa shape index (κ1) is 18.0. The molecule has 5 rings (SSSR count). The van der Waals surface area contributed by atoms with Gasteiger partial charge in [-0.3, -0.25) is 4.79 Å². The minimum Gasteiger partial charge on any atom is -0.484 e. The molecule has 1 aliphatic carbocycles. The van der Waals surface area contributed by atoms with E-state index in [0.29, 0.717) is 19.1 Å². The highest BCUT2D eigenvalue weighted by molar-refractivity contribution is 5.84. The normalized spacial score (nSPS) is 21.2. The number of aryl methyl sites for hydroxylation is 2. The SMILES string of the molecule is O=C(COc1ccc2oc3c(c2c1)CCCC3)N1CCC(C2OCCO2)CC1. The zero-order chi connectivity index (χ0) is 18.9. The van der Waals surface area contributed by atoms with Crippen LogP contribution in [0.4, 0.5) is 0 Å². The maximum absolute atomic E-state index is 12.6. The molecule has 2 fully saturated rings. The van der Waals surface area contributed by atoms with Crippen LogP contribution >= 0.6 is 0 Å². The lowest BCUT2D eigenvalue weighted by atomic mass is 9.96. The van der Waals surface area contributed by atoms with Crippen LogP contribution in [0, 0.1) is 5.92 Å². The van der Waals surface area contributed by atoms with Gasteiger partial charge in [0.1, 0.15) is 17.1 Å². The number of hydrogen-bond donors (Lipinski definition) is 0. The number of piperidine rings is 1. The van der Waals surface area contributed by atoms with Crippen LogP contribution in [0.15, 0.2) is 22.6 Å². The second-order valence-electron chi connectivity index (χ2n) is 7.99. The van der Waals surface area contributed by atoms with Gasteiger partial charge in [-0.1, -0.05) is 0 Å². The van der Waals surface area contributed by atoms with Crippen molar-refractivity contribution in [2.45, 2.75) is 44.8 Å². The van der Waals surface area contributed by atoms with Crippen molar-refractivity contribution < 1.29 is 23.4 Å². The van der Waals surface area contributed by atoms with E-state index >= 15 is 0 Å². The number of fused-ring (bicyclic) bond motifs is 3. The third-order valence-corrected chi connectivity index (χ3v) is 6.21. The minimum atomic E-state index is -0.0823. The molecular weight excluding hydrogens is 358 g/mol. The Morgan fingerprint density at radius 2 is 1.89 bits per heavy atom. The Kier molecular flexibility index (Phi) is 4.99. The Balaban J connectivity index is 1.17. The van der Waals surface area contributed by atoms with E-state index in [1.54, 1.807) is 0 Å². The summed E-state index contributed by atoms with van der Waals surface area (Å²) in [5, 5.41) is 1.14. The van der Waals surface area contributed by atoms with Gasteiger partial charge in [-0.2, -0.15) is 0 Å². The topological polar surface area (TPSA) is 61.1 Å². The lowest BCUT2D eigenvalue weighted by Gasteiger charge is -2.33. The first-order valence-corrected chi connectivity index (χ1v) is 10.5. The second kappa shape index (κ2) is 7.76. The number of hydrogen-bond acceptors (Lipinski definition) is 5. The van der Waals surface area contributed by atoms with Crippen LogP contribution in [0.25, 0.3) is 11.0 Å². The molecule has 0 saturated carbocycles. The first-order valence-electron chi connectivity index (χ1n) is 10.5. The van der Waals surface area contributed by atoms with Crippen LogP contribution in [0.5, 0.6) is 5.75 Å². The summed E-state index contributed by atoms with van der Waals surface area (Å²) in [6, 6.07) is 5.88. The second-order valence-corrected chi connectivity index (χ2v) is 7.99. The largest absolute Gasteiger partial charge is 0.484 e. The van der Waals surface area contributed by atoms with Crippen molar-refractivity contribution in [2.24, 2.45) is 5.92 Å². The third kappa shape index (κ3) is 3.51. The fourth-order valence-corrected chi connectivity index (χ4v) is 4.64. The molecule has 1 aromatic carbocycles. The predicted molar refractivity (Wildman–Crippen MR) is 103 cm³/mol. The van der Waals surface area contributed by atoms with Crippen LogP contribution in [-0.4, -0.2) is 50.0 Å². The summed E-state index contributed by atoms with van der Waals surface area (Å²) in [6.45, 7) is 2.92. The lowest BCUT2D eigenvalue weighted by Crippen LogP contribution is -2.43. The van der Waals surface area contributed by atoms with Crippen LogP contribution in [0.3, 0.4) is 0 Å². The van der Waals surface area contributed by atoms with E-state index in [9.17, 15) is 4.79 Å². The van der Waals surface area contributed by atoms with Gasteiger partial charge in [-0.25, -0.2) is 0 Å². The standard InChI is InChI=1S/C22H27NO5/c24-21(23-9-7-15(8-10-23)22-25-11-12-26-22)14-27-16-5-6-20-18(13-16)17-3-1-2-4-19(17)28-20/h5-6,13,15,22H,1-4,7-12,14H2. The Bertz CT molecular complexity index is 846. The van der Waals surface area contributed by atoms with E-state index in [4.69, 9.17) is 18.6 Å². The minimum absolute atomic E-state index is 0.0426. The molecule has 2 aromatic rings. The third-order valence-electron chi connectivity index (χ3n) is 6.21. The van der Waals surface area contributed by atoms with E-state index in [-0.39, 0.29) is 18.8 Å². The molecule has 0 unspecified atom stereocenters. The van der Waals surface area contributed by atoms with E-state index in [1.165, 1.54) is 18.4 Å². The Morgan fingerprint density at radius 1 is 1.11 bits per heavy atom. The van der Waals surface area contributed by atoms with E-state index in [2.05, 4.69) is 0 Å². The number of amides is 1. The van der Waals surface area contributed by atoms with Gasteiger partial charge in [-0.05, 0) is 50.3 Å². The highest BCUT2D eigenvalue weighted by Crippen LogP contribution is 2.34. The summed E-state index contributed by atoms with van der Waals surface area (Å²) in [5.41, 5.74) is 2.24. The van der Waals surface area contributed by atoms with Gasteiger partial charge in [0.25, 0.3) is 5.91 Å². The highest BCUT2D eigenvalue weighted by Gasteiger charge is 2.31. The number of rotatable bonds is 4. The summed E-state index contributed by atoms with van der Waals surface area (Å²) in [5.74, 6) is 2.29. The van der Waals surface area contributed by atoms with Gasteiger partial charge < -0.3 is 23.5 Å². The van der Waals surface area contributed by atoms with E-state index < -0.39 is 0 Å². The number of carbonyl (C=O) groups is 1. The van der Waals surface area contributed by atoms with Crippen LogP contribution < -0.4 is 4.74 Å². The molecule has 0 atom stereocenters. The Labute approximate surface area is 164 Å². The average molecular weight is 385 g/mol. The molecule has 3 heterocycles. The van der Waals surface area contributed by atoms with Gasteiger partial charge in [0.05, 0.1) is 13.2 Å². The number of benzene rings is 1. The quantitative estimate of drug-likeness (QED) is 0.808. The molecular formula is C22H27NO5. The van der Waals surface area contributed by atoms with Gasteiger partial charge in [-0.15, -0.1) is 0 Å². The Hall–Kier alpha value is -2.05. The predicted octanol–water partition coefficient (Wildman–Crippen LogP) is 3.30. The van der Waals surface area contributed by atoms with Crippen molar-refractivity contribution in [2.75, 3.05) is 32.9 Å². The van der Waals surface area contributed by atoms with Crippen molar-refractivity contribution >= 4 is 16.9 Å². The number of furan rings is 1. The van der Waals surface area contributed by atoms with Crippen LogP contribution in [0.1, 0.15) is 37.0 Å². The van der Waals surface area contributed by atoms with Crippen molar-refractivity contribution in [3.05, 3.63) is 29.5 Å². The fraction of sp³-hybridized carbons (Fsp3) is 0.591. The molecule has 6 heteroatoms. The summed E-state index contributed by atoms with van der Waals surface area (Å²) < 4.78 is 23.0. The smallest absolute Gasteiger partial charge is 0.260 e. The van der Waals surface area contributed by atoms with Crippen molar-refractivity contribution in [1.29, 1.82) is 0 Å². The summed E-state index contributed by atoms with van der Waals surface area (Å²) in [7, 11) is 0. The van der Waals surface area contributed by atoms with E-state index in [1.807, 2.05) is 23.1 Å². The maximum atomic E-state index is 12.6. The van der Waals surface area contributed by atoms with Gasteiger partial charge in [0.2, 0.25) is 0 Å². The van der Waals surface area contributed by atoms with Gasteiger partial charge in [0, 0.05) is 36.4 Å². The lowest BCUT2D eigenvalue weighted by molar-refractivity contribution is -0.138. The number of carbonyl (C=O) groups excluding carboxylic acids is 1. The first-order chi connectivity index (χ1) is 13.8. The molecule has 6 nitrogen and oxygen atoms in total. The van der Waals surface area contributed by atoms with Crippen LogP contribution in [-0.2, 0) is 27.1 Å². The molecule has 150 valence electrons. The van der Waals surface area contributed by atoms with Crippen LogP contribution in [0.2, 0.25) is 0 Å². The monoisotopic (exact) mass is 385 g/mol. The summed E-state index contributed by atoms with van der Waals surface area (Å²) in [6.07, 6.45) is 6.24. The average Bonchev–Trinajstić information content (AvgIpc) is 3.40. The molecule has 28 heavy (non-hydrogen) atoms. The fourth-order valence-electron chi connectivity index (χ4n) is 4.64. The molecule has 0 radical (unpaired) electrons. The molecule has 0 spiro atoms. The molecule has 3 aliphatic rings.